The van der Waals surface area contributed by atoms with Gasteiger partial charge >= 0.3 is 0 Å². The maximum Gasteiger partial charge on any atom is 0.291 e. The van der Waals surface area contributed by atoms with Crippen molar-refractivity contribution < 1.29 is 9.53 Å². The van der Waals surface area contributed by atoms with Gasteiger partial charge in [-0.1, -0.05) is 6.92 Å². The Morgan fingerprint density at radius 2 is 2.12 bits per heavy atom. The molecule has 4 heterocycles. The average Bonchev–Trinajstić information content (AvgIpc) is 3.19. The lowest BCUT2D eigenvalue weighted by Crippen LogP contribution is -2.44. The Kier molecular flexibility index (Phi) is 3.85. The first-order valence-corrected chi connectivity index (χ1v) is 8.91. The van der Waals surface area contributed by atoms with Crippen LogP contribution in [0.3, 0.4) is 0 Å². The molecular weight excluding hydrogens is 328 g/mol. The molecule has 0 saturated carbocycles. The number of rotatable bonds is 3. The summed E-state index contributed by atoms with van der Waals surface area (Å²) in [4.78, 5) is 26.9. The molecule has 1 aliphatic rings. The van der Waals surface area contributed by atoms with Crippen LogP contribution in [0.25, 0.3) is 15.7 Å². The number of hydrogen-bond donors (Lipinski definition) is 0. The molecule has 0 spiro atoms. The lowest BCUT2D eigenvalue weighted by atomic mass is 10.4. The van der Waals surface area contributed by atoms with Gasteiger partial charge in [-0.2, -0.15) is 5.10 Å². The van der Waals surface area contributed by atoms with E-state index in [0.29, 0.717) is 38.2 Å². The molecule has 1 saturated heterocycles. The fraction of sp³-hybridized carbons (Fsp3) is 0.438. The van der Waals surface area contributed by atoms with Crippen molar-refractivity contribution >= 4 is 33.0 Å². The summed E-state index contributed by atoms with van der Waals surface area (Å²) in [7, 11) is 0. The molecule has 1 fully saturated rings. The highest BCUT2D eigenvalue weighted by Gasteiger charge is 2.20. The standard InChI is InChI=1S/C16H18N4O3S/c1-2-14-17-19(10-15(21)18-4-6-23-7-5-18)16(22)12-9-13-11(20(12)14)3-8-24-13/h3,8-9H,2,4-7,10H2,1H3. The first-order valence-electron chi connectivity index (χ1n) is 8.03. The maximum atomic E-state index is 12.8. The predicted octanol–water partition coefficient (Wildman–Crippen LogP) is 1.13. The van der Waals surface area contributed by atoms with E-state index in [-0.39, 0.29) is 18.0 Å². The van der Waals surface area contributed by atoms with Crippen LogP contribution in [0.2, 0.25) is 0 Å². The first-order chi connectivity index (χ1) is 11.7. The van der Waals surface area contributed by atoms with Crippen molar-refractivity contribution in [1.82, 2.24) is 19.1 Å². The molecule has 3 aromatic heterocycles. The van der Waals surface area contributed by atoms with Crippen LogP contribution in [0.5, 0.6) is 0 Å². The molecule has 1 amide bonds. The summed E-state index contributed by atoms with van der Waals surface area (Å²) in [5.41, 5.74) is 1.36. The van der Waals surface area contributed by atoms with Crippen LogP contribution >= 0.6 is 11.3 Å². The Morgan fingerprint density at radius 3 is 2.88 bits per heavy atom. The maximum absolute atomic E-state index is 12.8. The minimum absolute atomic E-state index is 0.0266. The second-order valence-corrected chi connectivity index (χ2v) is 6.71. The number of fused-ring (bicyclic) bond motifs is 3. The van der Waals surface area contributed by atoms with Gasteiger partial charge in [-0.05, 0) is 17.5 Å². The predicted molar refractivity (Wildman–Crippen MR) is 91.6 cm³/mol. The minimum Gasteiger partial charge on any atom is -0.378 e. The number of nitrogens with zero attached hydrogens (tertiary/aromatic N) is 4. The van der Waals surface area contributed by atoms with Crippen LogP contribution in [0.15, 0.2) is 22.3 Å². The number of amides is 1. The highest BCUT2D eigenvalue weighted by molar-refractivity contribution is 7.17. The van der Waals surface area contributed by atoms with Crippen molar-refractivity contribution in [3.8, 4) is 0 Å². The number of carbonyl (C=O) groups is 1. The molecule has 3 aromatic rings. The van der Waals surface area contributed by atoms with Gasteiger partial charge in [0.15, 0.2) is 0 Å². The summed E-state index contributed by atoms with van der Waals surface area (Å²) in [6.45, 7) is 4.19. The molecule has 0 N–H and O–H groups in total. The van der Waals surface area contributed by atoms with Crippen molar-refractivity contribution in [1.29, 1.82) is 0 Å². The number of thiophene rings is 1. The molecule has 1 aliphatic heterocycles. The van der Waals surface area contributed by atoms with Crippen LogP contribution in [0, 0.1) is 0 Å². The van der Waals surface area contributed by atoms with Gasteiger partial charge in [0.05, 0.1) is 23.4 Å². The normalized spacial score (nSPS) is 15.5. The van der Waals surface area contributed by atoms with Gasteiger partial charge < -0.3 is 9.64 Å². The Bertz CT molecular complexity index is 965. The Morgan fingerprint density at radius 1 is 1.33 bits per heavy atom. The van der Waals surface area contributed by atoms with Crippen molar-refractivity contribution in [2.24, 2.45) is 0 Å². The molecule has 0 bridgehead atoms. The highest BCUT2D eigenvalue weighted by atomic mass is 32.1. The van der Waals surface area contributed by atoms with Crippen LogP contribution in [-0.2, 0) is 22.5 Å². The van der Waals surface area contributed by atoms with E-state index in [1.807, 2.05) is 28.8 Å². The summed E-state index contributed by atoms with van der Waals surface area (Å²) < 4.78 is 9.53. The zero-order valence-electron chi connectivity index (χ0n) is 13.4. The van der Waals surface area contributed by atoms with Crippen molar-refractivity contribution in [2.75, 3.05) is 26.3 Å². The third kappa shape index (κ3) is 2.42. The number of carbonyl (C=O) groups excluding carboxylic acids is 1. The second-order valence-electron chi connectivity index (χ2n) is 5.76. The van der Waals surface area contributed by atoms with Crippen molar-refractivity contribution in [3.05, 3.63) is 33.7 Å². The second kappa shape index (κ2) is 6.03. The van der Waals surface area contributed by atoms with E-state index in [1.54, 1.807) is 16.2 Å². The smallest absolute Gasteiger partial charge is 0.291 e. The van der Waals surface area contributed by atoms with Gasteiger partial charge in [-0.25, -0.2) is 4.68 Å². The molecule has 4 rings (SSSR count). The van der Waals surface area contributed by atoms with E-state index >= 15 is 0 Å². The summed E-state index contributed by atoms with van der Waals surface area (Å²) in [5, 5.41) is 6.45. The number of morpholine rings is 1. The average molecular weight is 346 g/mol. The third-order valence-electron chi connectivity index (χ3n) is 4.34. The number of aromatic nitrogens is 3. The quantitative estimate of drug-likeness (QED) is 0.713. The SMILES string of the molecule is CCc1nn(CC(=O)N2CCOCC2)c(=O)c2cc3sccc3n12. The summed E-state index contributed by atoms with van der Waals surface area (Å²) in [6, 6.07) is 3.88. The summed E-state index contributed by atoms with van der Waals surface area (Å²) in [5.74, 6) is 0.695. The monoisotopic (exact) mass is 346 g/mol. The van der Waals surface area contributed by atoms with E-state index in [9.17, 15) is 9.59 Å². The zero-order valence-corrected chi connectivity index (χ0v) is 14.2. The zero-order chi connectivity index (χ0) is 16.7. The fourth-order valence-electron chi connectivity index (χ4n) is 3.10. The molecule has 7 nitrogen and oxygen atoms in total. The lowest BCUT2D eigenvalue weighted by Gasteiger charge is -2.26. The van der Waals surface area contributed by atoms with Gasteiger partial charge in [0, 0.05) is 19.5 Å². The molecule has 0 radical (unpaired) electrons. The van der Waals surface area contributed by atoms with Gasteiger partial charge in [0.25, 0.3) is 5.56 Å². The molecule has 24 heavy (non-hydrogen) atoms. The van der Waals surface area contributed by atoms with Gasteiger partial charge in [-0.15, -0.1) is 11.3 Å². The highest BCUT2D eigenvalue weighted by Crippen LogP contribution is 2.24. The van der Waals surface area contributed by atoms with Crippen molar-refractivity contribution in [2.45, 2.75) is 19.9 Å². The van der Waals surface area contributed by atoms with Crippen LogP contribution < -0.4 is 5.56 Å². The van der Waals surface area contributed by atoms with Gasteiger partial charge in [0.1, 0.15) is 17.9 Å². The van der Waals surface area contributed by atoms with Crippen LogP contribution in [0.4, 0.5) is 0 Å². The van der Waals surface area contributed by atoms with Gasteiger partial charge in [-0.3, -0.25) is 14.0 Å². The van der Waals surface area contributed by atoms with Crippen molar-refractivity contribution in [3.63, 3.8) is 0 Å². The number of hydrogen-bond acceptors (Lipinski definition) is 5. The molecule has 0 aromatic carbocycles. The van der Waals surface area contributed by atoms with Crippen LogP contribution in [-0.4, -0.2) is 51.3 Å². The topological polar surface area (TPSA) is 68.8 Å². The molecule has 0 atom stereocenters. The Hall–Kier alpha value is -2.19. The summed E-state index contributed by atoms with van der Waals surface area (Å²) in [6.07, 6.45) is 0.683. The summed E-state index contributed by atoms with van der Waals surface area (Å²) >= 11 is 1.60. The molecule has 8 heteroatoms. The third-order valence-corrected chi connectivity index (χ3v) is 5.19. The number of ether oxygens (including phenoxy) is 1. The fourth-order valence-corrected chi connectivity index (χ4v) is 3.90. The molecule has 126 valence electrons. The first kappa shape index (κ1) is 15.3. The molecule has 0 aliphatic carbocycles. The number of aryl methyl sites for hydroxylation is 1. The minimum atomic E-state index is -0.225. The van der Waals surface area contributed by atoms with Gasteiger partial charge in [0.2, 0.25) is 5.91 Å². The Balaban J connectivity index is 1.76. The van der Waals surface area contributed by atoms with E-state index in [0.717, 1.165) is 16.0 Å². The Labute approximate surface area is 142 Å². The van der Waals surface area contributed by atoms with E-state index in [1.165, 1.54) is 4.68 Å². The molecular formula is C16H18N4O3S. The van der Waals surface area contributed by atoms with E-state index < -0.39 is 0 Å². The van der Waals surface area contributed by atoms with Crippen LogP contribution in [0.1, 0.15) is 12.7 Å². The molecule has 0 unspecified atom stereocenters. The lowest BCUT2D eigenvalue weighted by molar-refractivity contribution is -0.136. The van der Waals surface area contributed by atoms with E-state index in [4.69, 9.17) is 4.74 Å². The largest absolute Gasteiger partial charge is 0.378 e. The van der Waals surface area contributed by atoms with E-state index in [2.05, 4.69) is 5.10 Å².